The first-order chi connectivity index (χ1) is 27.7. The highest BCUT2D eigenvalue weighted by Gasteiger charge is 2.44. The van der Waals surface area contributed by atoms with E-state index in [4.69, 9.17) is 34.4 Å². The van der Waals surface area contributed by atoms with Crippen LogP contribution in [0.4, 0.5) is 22.7 Å². The Morgan fingerprint density at radius 3 is 1.61 bits per heavy atom. The van der Waals surface area contributed by atoms with Gasteiger partial charge < -0.3 is 9.05 Å². The van der Waals surface area contributed by atoms with Crippen molar-refractivity contribution in [3.8, 4) is 5.69 Å². The number of aryl methyl sites for hydroxylation is 1. The number of hydrogen-bond donors (Lipinski definition) is 2. The van der Waals surface area contributed by atoms with Gasteiger partial charge in [0.05, 0.1) is 17.1 Å². The number of carbonyl (C=O) groups is 4. The molecule has 0 bridgehead atoms. The van der Waals surface area contributed by atoms with Gasteiger partial charge in [-0.25, -0.2) is 10.4 Å². The minimum absolute atomic E-state index is 0.0616. The van der Waals surface area contributed by atoms with E-state index in [9.17, 15) is 23.7 Å². The zero-order chi connectivity index (χ0) is 43.9. The second-order valence-corrected chi connectivity index (χ2v) is 17.8. The van der Waals surface area contributed by atoms with Crippen LogP contribution in [0.5, 0.6) is 0 Å². The number of anilines is 4. The first kappa shape index (κ1) is 46.8. The Morgan fingerprint density at radius 2 is 1.15 bits per heavy atom. The van der Waals surface area contributed by atoms with Crippen molar-refractivity contribution in [1.29, 1.82) is 0 Å². The number of hydrazine groups is 1. The van der Waals surface area contributed by atoms with Crippen molar-refractivity contribution in [2.45, 2.75) is 53.4 Å². The molecule has 0 saturated heterocycles. The van der Waals surface area contributed by atoms with Gasteiger partial charge in [-0.1, -0.05) is 53.5 Å². The average Bonchev–Trinajstić information content (AvgIpc) is 3.56. The van der Waals surface area contributed by atoms with Crippen LogP contribution >= 0.6 is 41.4 Å². The summed E-state index contributed by atoms with van der Waals surface area (Å²) in [7, 11) is 2.44. The maximum atomic E-state index is 13.5. The Bertz CT molecular complexity index is 2360. The maximum absolute atomic E-state index is 13.5. The Kier molecular flexibility index (Phi) is 15.4. The normalized spacial score (nSPS) is 14.9. The molecule has 14 nitrogen and oxygen atoms in total. The Balaban J connectivity index is 0.000000206. The number of para-hydroxylation sites is 3. The largest absolute Gasteiger partial charge is 0.423 e. The van der Waals surface area contributed by atoms with Crippen molar-refractivity contribution in [2.24, 2.45) is 11.3 Å². The van der Waals surface area contributed by atoms with Crippen molar-refractivity contribution in [2.75, 3.05) is 24.0 Å². The molecule has 3 heterocycles. The molecular formula is C41H45Cl3N7O7P. The van der Waals surface area contributed by atoms with Gasteiger partial charge in [0, 0.05) is 60.2 Å². The smallest absolute Gasteiger partial charge is 0.300 e. The first-order valence-electron chi connectivity index (χ1n) is 17.9. The van der Waals surface area contributed by atoms with E-state index in [1.54, 1.807) is 60.0 Å². The van der Waals surface area contributed by atoms with Gasteiger partial charge in [-0.2, -0.15) is 0 Å². The average molecular weight is 885 g/mol. The second-order valence-electron chi connectivity index (χ2n) is 14.1. The highest BCUT2D eigenvalue weighted by atomic mass is 35.7. The summed E-state index contributed by atoms with van der Waals surface area (Å²) >= 11 is 17.0. The molecule has 0 radical (unpaired) electrons. The standard InChI is InChI=1S/C19H17ClN4O.C18H16ClNO2.C2H6ClO3P.C2H6N2O/c1-12-21-22-17-19(2,3)18(25)24(14-10-8-13(20)9-11-14)16-7-5-4-6-15(16)23(12)17;1-18(2)16(21)11-12-5-3-4-6-15(12)20(17(18)22)14-9-7-13(19)8-10-14;1-5-7(3,4)6-2;1-2(5)4-3/h4-11H,1-3H3;3-10H,11H2,1-2H3;1-2H3;3H2,1H3,(H,4,5). The molecule has 4 aromatic carbocycles. The molecule has 0 spiro atoms. The number of amides is 3. The summed E-state index contributed by atoms with van der Waals surface area (Å²) in [6, 6.07) is 29.7. The SMILES string of the molecule is CC(=O)NN.CC1(C)C(=O)Cc2ccccc2N(c2ccc(Cl)cc2)C1=O.COP(=O)(Cl)OC.Cc1nnc2n1-c1ccccc1N(c1ccc(Cl)cc1)C(=O)C2(C)C. The zero-order valence-corrected chi connectivity index (χ0v) is 36.9. The number of nitrogens with zero attached hydrogens (tertiary/aromatic N) is 5. The number of nitrogens with one attached hydrogen (secondary N) is 1. The molecule has 5 aromatic rings. The van der Waals surface area contributed by atoms with Gasteiger partial charge in [0.1, 0.15) is 16.7 Å². The molecule has 312 valence electrons. The van der Waals surface area contributed by atoms with E-state index in [1.807, 2.05) is 91.4 Å². The van der Waals surface area contributed by atoms with Crippen molar-refractivity contribution in [1.82, 2.24) is 20.2 Å². The van der Waals surface area contributed by atoms with E-state index in [1.165, 1.54) is 21.1 Å². The van der Waals surface area contributed by atoms with Crippen molar-refractivity contribution in [3.63, 3.8) is 0 Å². The lowest BCUT2D eigenvalue weighted by Crippen LogP contribution is -2.41. The third-order valence-corrected chi connectivity index (χ3v) is 11.5. The van der Waals surface area contributed by atoms with E-state index in [2.05, 4.69) is 25.1 Å². The summed E-state index contributed by atoms with van der Waals surface area (Å²) in [5.74, 6) is 5.40. The van der Waals surface area contributed by atoms with E-state index in [0.717, 1.165) is 34.1 Å². The van der Waals surface area contributed by atoms with Crippen molar-refractivity contribution < 1.29 is 32.8 Å². The van der Waals surface area contributed by atoms with Crippen LogP contribution in [0.25, 0.3) is 5.69 Å². The molecular weight excluding hydrogens is 840 g/mol. The minimum atomic E-state index is -3.18. The van der Waals surface area contributed by atoms with Crippen LogP contribution in [0.3, 0.4) is 0 Å². The number of hydrogen-bond acceptors (Lipinski definition) is 10. The summed E-state index contributed by atoms with van der Waals surface area (Å²) in [6.07, 6.45) is 0.263. The quantitative estimate of drug-likeness (QED) is 0.0582. The first-order valence-corrected chi connectivity index (χ1v) is 21.1. The summed E-state index contributed by atoms with van der Waals surface area (Å²) < 4.78 is 20.6. The van der Waals surface area contributed by atoms with Crippen LogP contribution in [0.15, 0.2) is 97.1 Å². The molecule has 1 aromatic heterocycles. The van der Waals surface area contributed by atoms with Gasteiger partial charge in [0.15, 0.2) is 11.6 Å². The van der Waals surface area contributed by atoms with Gasteiger partial charge in [-0.15, -0.1) is 10.2 Å². The van der Waals surface area contributed by atoms with Crippen molar-refractivity contribution >= 4 is 87.6 Å². The van der Waals surface area contributed by atoms with Crippen LogP contribution in [0, 0.1) is 12.3 Å². The highest BCUT2D eigenvalue weighted by molar-refractivity contribution is 7.81. The van der Waals surface area contributed by atoms with Crippen LogP contribution in [-0.4, -0.2) is 52.5 Å². The number of aromatic nitrogens is 3. The van der Waals surface area contributed by atoms with E-state index >= 15 is 0 Å². The molecule has 7 rings (SSSR count). The van der Waals surface area contributed by atoms with E-state index in [-0.39, 0.29) is 29.9 Å². The fourth-order valence-electron chi connectivity index (χ4n) is 5.93. The van der Waals surface area contributed by atoms with Crippen LogP contribution in [0.1, 0.15) is 51.8 Å². The topological polar surface area (TPSA) is 179 Å². The molecule has 2 aliphatic heterocycles. The van der Waals surface area contributed by atoms with E-state index in [0.29, 0.717) is 21.6 Å². The van der Waals surface area contributed by atoms with Crippen LogP contribution < -0.4 is 21.1 Å². The number of nitrogens with two attached hydrogens (primary N) is 1. The lowest BCUT2D eigenvalue weighted by molar-refractivity contribution is -0.137. The highest BCUT2D eigenvalue weighted by Crippen LogP contribution is 2.51. The lowest BCUT2D eigenvalue weighted by Gasteiger charge is -2.28. The number of ketones is 1. The molecule has 2 aliphatic rings. The number of halogens is 3. The minimum Gasteiger partial charge on any atom is -0.300 e. The van der Waals surface area contributed by atoms with Gasteiger partial charge in [-0.05, 0) is 107 Å². The molecule has 0 saturated carbocycles. The molecule has 0 unspecified atom stereocenters. The Hall–Kier alpha value is -4.92. The number of rotatable bonds is 4. The number of benzene rings is 4. The molecule has 3 N–H and O–H groups in total. The Morgan fingerprint density at radius 1 is 0.729 bits per heavy atom. The molecule has 0 atom stereocenters. The summed E-state index contributed by atoms with van der Waals surface area (Å²) in [5.41, 5.74) is 4.78. The predicted octanol–water partition coefficient (Wildman–Crippen LogP) is 8.96. The molecule has 3 amide bonds. The molecule has 0 aliphatic carbocycles. The zero-order valence-electron chi connectivity index (χ0n) is 33.7. The summed E-state index contributed by atoms with van der Waals surface area (Å²) in [4.78, 5) is 51.9. The summed E-state index contributed by atoms with van der Waals surface area (Å²) in [5, 5.41) is 9.75. The monoisotopic (exact) mass is 883 g/mol. The number of carbonyl (C=O) groups excluding carboxylic acids is 4. The van der Waals surface area contributed by atoms with Crippen LogP contribution in [-0.2, 0) is 44.6 Å². The fraction of sp³-hybridized carbons (Fsp3) is 0.268. The maximum Gasteiger partial charge on any atom is 0.423 e. The predicted molar refractivity (Wildman–Crippen MR) is 231 cm³/mol. The molecule has 0 fully saturated rings. The summed E-state index contributed by atoms with van der Waals surface area (Å²) in [6.45, 7) is 7.19. The van der Waals surface area contributed by atoms with Gasteiger partial charge in [0.25, 0.3) is 0 Å². The fourth-order valence-corrected chi connectivity index (χ4v) is 6.33. The second kappa shape index (κ2) is 19.4. The van der Waals surface area contributed by atoms with Gasteiger partial charge >= 0.3 is 6.95 Å². The van der Waals surface area contributed by atoms with E-state index < -0.39 is 17.8 Å². The van der Waals surface area contributed by atoms with Crippen LogP contribution in [0.2, 0.25) is 10.0 Å². The number of fused-ring (bicyclic) bond motifs is 4. The third-order valence-electron chi connectivity index (χ3n) is 9.31. The number of Topliss-reactive ketones (excluding diaryl/α,β-unsaturated/α-hetero) is 1. The Labute approximate surface area is 357 Å². The third kappa shape index (κ3) is 10.6. The molecule has 18 heteroatoms. The van der Waals surface area contributed by atoms with Gasteiger partial charge in [0.2, 0.25) is 17.7 Å². The van der Waals surface area contributed by atoms with Crippen molar-refractivity contribution in [3.05, 3.63) is 124 Å². The molecule has 59 heavy (non-hydrogen) atoms. The lowest BCUT2D eigenvalue weighted by atomic mass is 9.85. The van der Waals surface area contributed by atoms with Gasteiger partial charge in [-0.3, -0.25) is 39.0 Å².